The average molecular weight is 297 g/mol. The lowest BCUT2D eigenvalue weighted by Crippen LogP contribution is -1.99. The highest BCUT2D eigenvalue weighted by atomic mass is 16.5. The van der Waals surface area contributed by atoms with E-state index < -0.39 is 0 Å². The van der Waals surface area contributed by atoms with Crippen LogP contribution in [0.3, 0.4) is 0 Å². The van der Waals surface area contributed by atoms with Crippen LogP contribution in [0.2, 0.25) is 0 Å². The first-order valence-corrected chi connectivity index (χ1v) is 6.77. The number of hydrogen-bond acceptors (Lipinski definition) is 6. The molecular weight excluding hydrogens is 282 g/mol. The van der Waals surface area contributed by atoms with Crippen molar-refractivity contribution in [2.75, 3.05) is 7.11 Å². The standard InChI is InChI=1S/C16H15N3O3/c1-11-14(4-3-9-17-11)21-10-15-18-16(22-19-15)12-5-7-13(20-2)8-6-12/h3-9H,10H2,1-2H3. The van der Waals surface area contributed by atoms with Gasteiger partial charge < -0.3 is 14.0 Å². The third-order valence-corrected chi connectivity index (χ3v) is 3.12. The second-order valence-corrected chi connectivity index (χ2v) is 4.62. The molecule has 2 heterocycles. The minimum Gasteiger partial charge on any atom is -0.497 e. The summed E-state index contributed by atoms with van der Waals surface area (Å²) in [5, 5.41) is 3.92. The number of hydrogen-bond donors (Lipinski definition) is 0. The van der Waals surface area contributed by atoms with E-state index in [1.165, 1.54) is 0 Å². The van der Waals surface area contributed by atoms with Gasteiger partial charge in [-0.25, -0.2) is 0 Å². The van der Waals surface area contributed by atoms with Crippen LogP contribution >= 0.6 is 0 Å². The lowest BCUT2D eigenvalue weighted by Gasteiger charge is -2.04. The molecule has 0 aliphatic heterocycles. The predicted molar refractivity (Wildman–Crippen MR) is 79.6 cm³/mol. The Morgan fingerprint density at radius 2 is 1.95 bits per heavy atom. The van der Waals surface area contributed by atoms with Gasteiger partial charge in [-0.3, -0.25) is 4.98 Å². The summed E-state index contributed by atoms with van der Waals surface area (Å²) in [5.74, 6) is 2.41. The van der Waals surface area contributed by atoms with Gasteiger partial charge in [-0.1, -0.05) is 5.16 Å². The van der Waals surface area contributed by atoms with E-state index in [4.69, 9.17) is 14.0 Å². The van der Waals surface area contributed by atoms with Crippen LogP contribution in [0.1, 0.15) is 11.5 Å². The van der Waals surface area contributed by atoms with Crippen molar-refractivity contribution in [2.24, 2.45) is 0 Å². The van der Waals surface area contributed by atoms with Crippen LogP contribution in [0.15, 0.2) is 47.1 Å². The second-order valence-electron chi connectivity index (χ2n) is 4.62. The SMILES string of the molecule is COc1ccc(-c2nc(COc3cccnc3C)no2)cc1. The van der Waals surface area contributed by atoms with Crippen molar-refractivity contribution in [3.05, 3.63) is 54.1 Å². The Hall–Kier alpha value is -2.89. The van der Waals surface area contributed by atoms with E-state index in [0.717, 1.165) is 17.0 Å². The normalized spacial score (nSPS) is 10.5. The zero-order chi connectivity index (χ0) is 15.4. The predicted octanol–water partition coefficient (Wildman–Crippen LogP) is 3.03. The fraction of sp³-hybridized carbons (Fsp3) is 0.188. The van der Waals surface area contributed by atoms with E-state index in [9.17, 15) is 0 Å². The maximum Gasteiger partial charge on any atom is 0.258 e. The van der Waals surface area contributed by atoms with Crippen LogP contribution in [0.25, 0.3) is 11.5 Å². The number of ether oxygens (including phenoxy) is 2. The summed E-state index contributed by atoms with van der Waals surface area (Å²) in [7, 11) is 1.62. The Kier molecular flexibility index (Phi) is 4.00. The van der Waals surface area contributed by atoms with E-state index in [1.807, 2.05) is 43.3 Å². The molecule has 0 unspecified atom stereocenters. The maximum atomic E-state index is 5.64. The summed E-state index contributed by atoms with van der Waals surface area (Å²) in [6, 6.07) is 11.1. The molecule has 2 aromatic heterocycles. The molecule has 6 heteroatoms. The molecule has 1 aromatic carbocycles. The topological polar surface area (TPSA) is 70.3 Å². The molecule has 3 rings (SSSR count). The van der Waals surface area contributed by atoms with Crippen LogP contribution in [-0.4, -0.2) is 22.2 Å². The van der Waals surface area contributed by atoms with Gasteiger partial charge in [-0.05, 0) is 43.3 Å². The van der Waals surface area contributed by atoms with E-state index in [1.54, 1.807) is 13.3 Å². The smallest absolute Gasteiger partial charge is 0.258 e. The number of nitrogens with zero attached hydrogens (tertiary/aromatic N) is 3. The van der Waals surface area contributed by atoms with E-state index in [0.29, 0.717) is 17.5 Å². The largest absolute Gasteiger partial charge is 0.497 e. The van der Waals surface area contributed by atoms with Crippen LogP contribution < -0.4 is 9.47 Å². The van der Waals surface area contributed by atoms with Crippen LogP contribution in [0, 0.1) is 6.92 Å². The quantitative estimate of drug-likeness (QED) is 0.721. The summed E-state index contributed by atoms with van der Waals surface area (Å²) >= 11 is 0. The van der Waals surface area contributed by atoms with Crippen molar-refractivity contribution in [1.82, 2.24) is 15.1 Å². The summed E-state index contributed by atoms with van der Waals surface area (Å²) in [6.07, 6.45) is 1.72. The molecule has 0 atom stereocenters. The van der Waals surface area contributed by atoms with Gasteiger partial charge in [0.1, 0.15) is 11.5 Å². The minimum absolute atomic E-state index is 0.228. The first-order chi connectivity index (χ1) is 10.8. The van der Waals surface area contributed by atoms with E-state index >= 15 is 0 Å². The molecule has 112 valence electrons. The highest BCUT2D eigenvalue weighted by molar-refractivity contribution is 5.54. The van der Waals surface area contributed by atoms with Gasteiger partial charge in [0.2, 0.25) is 5.82 Å². The fourth-order valence-electron chi connectivity index (χ4n) is 1.93. The van der Waals surface area contributed by atoms with Gasteiger partial charge in [0.25, 0.3) is 5.89 Å². The molecule has 0 fully saturated rings. The number of methoxy groups -OCH3 is 1. The van der Waals surface area contributed by atoms with Crippen molar-refractivity contribution in [3.63, 3.8) is 0 Å². The van der Waals surface area contributed by atoms with Crippen molar-refractivity contribution in [2.45, 2.75) is 13.5 Å². The Labute approximate surface area is 127 Å². The molecule has 0 aliphatic carbocycles. The molecule has 0 radical (unpaired) electrons. The van der Waals surface area contributed by atoms with Gasteiger partial charge in [0.15, 0.2) is 6.61 Å². The molecular formula is C16H15N3O3. The molecule has 0 amide bonds. The van der Waals surface area contributed by atoms with Gasteiger partial charge in [-0.2, -0.15) is 4.98 Å². The summed E-state index contributed by atoms with van der Waals surface area (Å²) in [5.41, 5.74) is 1.65. The van der Waals surface area contributed by atoms with Crippen molar-refractivity contribution < 1.29 is 14.0 Å². The molecule has 0 spiro atoms. The highest BCUT2D eigenvalue weighted by Gasteiger charge is 2.10. The number of aromatic nitrogens is 3. The van der Waals surface area contributed by atoms with Crippen molar-refractivity contribution in [1.29, 1.82) is 0 Å². The molecule has 0 aliphatic rings. The molecule has 3 aromatic rings. The maximum absolute atomic E-state index is 5.64. The van der Waals surface area contributed by atoms with Crippen LogP contribution in [0.5, 0.6) is 11.5 Å². The third kappa shape index (κ3) is 3.06. The zero-order valence-corrected chi connectivity index (χ0v) is 12.3. The minimum atomic E-state index is 0.228. The van der Waals surface area contributed by atoms with Gasteiger partial charge in [-0.15, -0.1) is 0 Å². The molecule has 0 N–H and O–H groups in total. The lowest BCUT2D eigenvalue weighted by molar-refractivity contribution is 0.284. The number of pyridine rings is 1. The fourth-order valence-corrected chi connectivity index (χ4v) is 1.93. The number of benzene rings is 1. The van der Waals surface area contributed by atoms with Gasteiger partial charge in [0.05, 0.1) is 12.8 Å². The second kappa shape index (κ2) is 6.26. The molecule has 0 saturated carbocycles. The monoisotopic (exact) mass is 297 g/mol. The van der Waals surface area contributed by atoms with E-state index in [2.05, 4.69) is 15.1 Å². The summed E-state index contributed by atoms with van der Waals surface area (Å²) < 4.78 is 16.0. The Morgan fingerprint density at radius 1 is 1.14 bits per heavy atom. The average Bonchev–Trinajstić information content (AvgIpc) is 3.03. The Balaban J connectivity index is 1.69. The lowest BCUT2D eigenvalue weighted by atomic mass is 10.2. The van der Waals surface area contributed by atoms with Crippen molar-refractivity contribution in [3.8, 4) is 23.0 Å². The van der Waals surface area contributed by atoms with Gasteiger partial charge >= 0.3 is 0 Å². The number of aryl methyl sites for hydroxylation is 1. The molecule has 0 bridgehead atoms. The summed E-state index contributed by atoms with van der Waals surface area (Å²) in [4.78, 5) is 8.48. The van der Waals surface area contributed by atoms with Crippen LogP contribution in [0.4, 0.5) is 0 Å². The number of rotatable bonds is 5. The Bertz CT molecular complexity index is 753. The molecule has 6 nitrogen and oxygen atoms in total. The first kappa shape index (κ1) is 14.1. The molecule has 0 saturated heterocycles. The van der Waals surface area contributed by atoms with Gasteiger partial charge in [0, 0.05) is 11.8 Å². The first-order valence-electron chi connectivity index (χ1n) is 6.77. The van der Waals surface area contributed by atoms with E-state index in [-0.39, 0.29) is 6.61 Å². The van der Waals surface area contributed by atoms with Crippen LogP contribution in [-0.2, 0) is 6.61 Å². The third-order valence-electron chi connectivity index (χ3n) is 3.12. The highest BCUT2D eigenvalue weighted by Crippen LogP contribution is 2.21. The Morgan fingerprint density at radius 3 is 2.68 bits per heavy atom. The zero-order valence-electron chi connectivity index (χ0n) is 12.3. The summed E-state index contributed by atoms with van der Waals surface area (Å²) in [6.45, 7) is 2.11. The molecule has 22 heavy (non-hydrogen) atoms. The van der Waals surface area contributed by atoms with Crippen molar-refractivity contribution >= 4 is 0 Å².